The van der Waals surface area contributed by atoms with Crippen molar-refractivity contribution in [2.24, 2.45) is 5.41 Å². The Morgan fingerprint density at radius 2 is 1.71 bits per heavy atom. The van der Waals surface area contributed by atoms with E-state index in [1.54, 1.807) is 23.1 Å². The lowest BCUT2D eigenvalue weighted by Gasteiger charge is -2.35. The van der Waals surface area contributed by atoms with Gasteiger partial charge in [-0.05, 0) is 63.1 Å². The van der Waals surface area contributed by atoms with Gasteiger partial charge in [-0.1, -0.05) is 62.4 Å². The van der Waals surface area contributed by atoms with Gasteiger partial charge in [-0.2, -0.15) is 0 Å². The molecule has 1 N–H and O–H groups in total. The van der Waals surface area contributed by atoms with Crippen LogP contribution in [0.2, 0.25) is 0 Å². The molecule has 2 heterocycles. The molecule has 0 saturated heterocycles. The highest BCUT2D eigenvalue weighted by Gasteiger charge is 2.30. The van der Waals surface area contributed by atoms with Crippen LogP contribution in [0.15, 0.2) is 40.2 Å². The summed E-state index contributed by atoms with van der Waals surface area (Å²) in [6, 6.07) is 8.53. The number of rotatable bonds is 7. The Bertz CT molecular complexity index is 1160. The molecule has 5 nitrogen and oxygen atoms in total. The summed E-state index contributed by atoms with van der Waals surface area (Å²) in [4.78, 5) is 23.4. The van der Waals surface area contributed by atoms with Gasteiger partial charge in [0, 0.05) is 39.8 Å². The highest BCUT2D eigenvalue weighted by molar-refractivity contribution is 8.00. The largest absolute Gasteiger partial charge is 0.465 e. The van der Waals surface area contributed by atoms with Gasteiger partial charge in [-0.15, -0.1) is 11.3 Å². The van der Waals surface area contributed by atoms with Crippen LogP contribution in [-0.4, -0.2) is 31.6 Å². The van der Waals surface area contributed by atoms with Gasteiger partial charge in [0.15, 0.2) is 0 Å². The molecular weight excluding hydrogens is 474 g/mol. The van der Waals surface area contributed by atoms with E-state index in [4.69, 9.17) is 4.98 Å². The lowest BCUT2D eigenvalue weighted by atomic mass is 9.84. The van der Waals surface area contributed by atoms with Crippen molar-refractivity contribution in [3.63, 3.8) is 0 Å². The lowest BCUT2D eigenvalue weighted by Crippen LogP contribution is -2.44. The molecule has 0 atom stereocenters. The summed E-state index contributed by atoms with van der Waals surface area (Å²) in [5.74, 6) is 0.723. The summed E-state index contributed by atoms with van der Waals surface area (Å²) in [5, 5.41) is 12.1. The number of carbonyl (C=O) groups is 1. The van der Waals surface area contributed by atoms with Gasteiger partial charge in [-0.3, -0.25) is 9.88 Å². The molecule has 0 radical (unpaired) electrons. The second-order valence-electron chi connectivity index (χ2n) is 11.2. The maximum absolute atomic E-state index is 12.4. The number of hydrogen-bond donors (Lipinski definition) is 1. The van der Waals surface area contributed by atoms with Crippen LogP contribution >= 0.6 is 23.1 Å². The van der Waals surface area contributed by atoms with E-state index in [-0.39, 0.29) is 12.0 Å². The van der Waals surface area contributed by atoms with Crippen molar-refractivity contribution in [3.05, 3.63) is 63.9 Å². The molecule has 1 aromatic carbocycles. The van der Waals surface area contributed by atoms with Crippen LogP contribution in [0.25, 0.3) is 11.1 Å². The number of carboxylic acid groups (broad SMARTS) is 1. The summed E-state index contributed by atoms with van der Waals surface area (Å²) < 4.78 is 1.02. The van der Waals surface area contributed by atoms with Crippen molar-refractivity contribution in [2.45, 2.75) is 84.0 Å². The first-order chi connectivity index (χ1) is 16.3. The van der Waals surface area contributed by atoms with Gasteiger partial charge in [0.25, 0.3) is 0 Å². The molecule has 3 rings (SSSR count). The average molecular weight is 512 g/mol. The molecule has 7 heteroatoms. The topological polar surface area (TPSA) is 66.3 Å². The van der Waals surface area contributed by atoms with Crippen LogP contribution in [0.5, 0.6) is 0 Å². The third-order valence-electron chi connectivity index (χ3n) is 5.84. The summed E-state index contributed by atoms with van der Waals surface area (Å²) in [7, 11) is 0. The van der Waals surface area contributed by atoms with Crippen LogP contribution in [0.3, 0.4) is 0 Å². The van der Waals surface area contributed by atoms with Gasteiger partial charge < -0.3 is 5.11 Å². The minimum Gasteiger partial charge on any atom is -0.465 e. The fourth-order valence-electron chi connectivity index (χ4n) is 4.07. The van der Waals surface area contributed by atoms with Crippen molar-refractivity contribution >= 4 is 29.2 Å². The standard InChI is InChI=1S/C28H37N3O2S2/c1-18-9-11-20(12-10-18)24-21(16-31(26(32)33)28(6,7)8)23(15-27(3,4)5)30-19(2)22(24)17-35-25-29-13-14-34-25/h9-14H,15-17H2,1-8H3,(H,32,33). The summed E-state index contributed by atoms with van der Waals surface area (Å²) >= 11 is 3.33. The first kappa shape index (κ1) is 27.2. The van der Waals surface area contributed by atoms with Crippen LogP contribution in [0.4, 0.5) is 4.79 Å². The number of thiazole rings is 1. The number of aromatic nitrogens is 2. The highest BCUT2D eigenvalue weighted by atomic mass is 32.2. The average Bonchev–Trinajstić information content (AvgIpc) is 3.24. The predicted molar refractivity (Wildman–Crippen MR) is 147 cm³/mol. The van der Waals surface area contributed by atoms with Crippen molar-refractivity contribution in [1.29, 1.82) is 0 Å². The number of thioether (sulfide) groups is 1. The van der Waals surface area contributed by atoms with E-state index >= 15 is 0 Å². The molecule has 1 amide bonds. The number of aryl methyl sites for hydroxylation is 2. The van der Waals surface area contributed by atoms with Crippen molar-refractivity contribution in [1.82, 2.24) is 14.9 Å². The monoisotopic (exact) mass is 511 g/mol. The molecule has 188 valence electrons. The number of amides is 1. The summed E-state index contributed by atoms with van der Waals surface area (Å²) in [5.41, 5.74) is 6.96. The van der Waals surface area contributed by atoms with E-state index in [1.807, 2.05) is 32.3 Å². The molecule has 0 unspecified atom stereocenters. The molecule has 0 aliphatic heterocycles. The number of hydrogen-bond acceptors (Lipinski definition) is 5. The Balaban J connectivity index is 2.28. The van der Waals surface area contributed by atoms with Crippen LogP contribution in [0.1, 0.15) is 69.6 Å². The molecule has 0 fully saturated rings. The smallest absolute Gasteiger partial charge is 0.408 e. The maximum atomic E-state index is 12.4. The Labute approximate surface area is 218 Å². The molecule has 2 aromatic heterocycles. The molecule has 35 heavy (non-hydrogen) atoms. The van der Waals surface area contributed by atoms with Gasteiger partial charge in [-0.25, -0.2) is 9.78 Å². The normalized spacial score (nSPS) is 12.1. The number of pyridine rings is 1. The van der Waals surface area contributed by atoms with E-state index in [9.17, 15) is 9.90 Å². The zero-order valence-electron chi connectivity index (χ0n) is 22.1. The quantitative estimate of drug-likeness (QED) is 0.326. The van der Waals surface area contributed by atoms with Crippen LogP contribution in [0, 0.1) is 19.3 Å². The lowest BCUT2D eigenvalue weighted by molar-refractivity contribution is 0.0953. The molecule has 3 aromatic rings. The third-order valence-corrected chi connectivity index (χ3v) is 7.83. The Hall–Kier alpha value is -2.38. The maximum Gasteiger partial charge on any atom is 0.408 e. The first-order valence-electron chi connectivity index (χ1n) is 11.9. The second-order valence-corrected chi connectivity index (χ2v) is 13.3. The van der Waals surface area contributed by atoms with Crippen molar-refractivity contribution in [2.75, 3.05) is 0 Å². The van der Waals surface area contributed by atoms with E-state index < -0.39 is 11.6 Å². The van der Waals surface area contributed by atoms with Gasteiger partial charge in [0.05, 0.1) is 6.54 Å². The van der Waals surface area contributed by atoms with E-state index in [0.717, 1.165) is 50.2 Å². The first-order valence-corrected chi connectivity index (χ1v) is 13.7. The van der Waals surface area contributed by atoms with Crippen molar-refractivity contribution in [3.8, 4) is 11.1 Å². The van der Waals surface area contributed by atoms with Gasteiger partial charge in [0.2, 0.25) is 0 Å². The number of benzene rings is 1. The second kappa shape index (κ2) is 10.7. The van der Waals surface area contributed by atoms with E-state index in [1.165, 1.54) is 10.5 Å². The van der Waals surface area contributed by atoms with E-state index in [0.29, 0.717) is 0 Å². The molecule has 0 bridgehead atoms. The Morgan fingerprint density at radius 1 is 1.06 bits per heavy atom. The van der Waals surface area contributed by atoms with Gasteiger partial charge >= 0.3 is 6.09 Å². The zero-order chi connectivity index (χ0) is 26.0. The highest BCUT2D eigenvalue weighted by Crippen LogP contribution is 2.39. The number of nitrogens with zero attached hydrogens (tertiary/aromatic N) is 3. The van der Waals surface area contributed by atoms with Crippen LogP contribution in [-0.2, 0) is 18.7 Å². The van der Waals surface area contributed by atoms with Crippen LogP contribution < -0.4 is 0 Å². The third kappa shape index (κ3) is 7.07. The van der Waals surface area contributed by atoms with Crippen molar-refractivity contribution < 1.29 is 9.90 Å². The minimum atomic E-state index is -0.923. The fourth-order valence-corrected chi connectivity index (χ4v) is 5.81. The molecule has 0 aliphatic carbocycles. The van der Waals surface area contributed by atoms with E-state index in [2.05, 4.69) is 63.9 Å². The molecular formula is C28H37N3O2S2. The Kier molecular flexibility index (Phi) is 8.32. The predicted octanol–water partition coefficient (Wildman–Crippen LogP) is 7.98. The molecule has 0 spiro atoms. The summed E-state index contributed by atoms with van der Waals surface area (Å²) in [6.07, 6.45) is 1.66. The fraction of sp³-hybridized carbons (Fsp3) is 0.464. The SMILES string of the molecule is Cc1ccc(-c2c(CSc3nccs3)c(C)nc(CC(C)(C)C)c2CN(C(=O)O)C(C)(C)C)cc1. The Morgan fingerprint density at radius 3 is 2.23 bits per heavy atom. The molecule has 0 saturated carbocycles. The minimum absolute atomic E-state index is 0.00563. The summed E-state index contributed by atoms with van der Waals surface area (Å²) in [6.45, 7) is 16.9. The zero-order valence-corrected chi connectivity index (χ0v) is 23.7. The van der Waals surface area contributed by atoms with Gasteiger partial charge in [0.1, 0.15) is 4.34 Å². The molecule has 0 aliphatic rings.